The molecule has 0 amide bonds. The first-order chi connectivity index (χ1) is 5.64. The summed E-state index contributed by atoms with van der Waals surface area (Å²) in [7, 11) is 0. The summed E-state index contributed by atoms with van der Waals surface area (Å²) in [5, 5.41) is 1.91. The van der Waals surface area contributed by atoms with Gasteiger partial charge in [-0.2, -0.15) is 0 Å². The number of alkyl halides is 1. The normalized spacial score (nSPS) is 16.0. The quantitative estimate of drug-likeness (QED) is 0.773. The summed E-state index contributed by atoms with van der Waals surface area (Å²) in [6, 6.07) is 1.93. The third-order valence-electron chi connectivity index (χ3n) is 2.15. The number of thiophene rings is 1. The second-order valence-electron chi connectivity index (χ2n) is 2.96. The SMILES string of the molecule is CCC(F)(CN)c1sccc1C. The Labute approximate surface area is 76.4 Å². The number of hydrogen-bond acceptors (Lipinski definition) is 2. The molecule has 1 aromatic heterocycles. The van der Waals surface area contributed by atoms with Crippen molar-refractivity contribution in [1.82, 2.24) is 0 Å². The van der Waals surface area contributed by atoms with Crippen molar-refractivity contribution < 1.29 is 4.39 Å². The van der Waals surface area contributed by atoms with Crippen molar-refractivity contribution in [2.75, 3.05) is 6.54 Å². The lowest BCUT2D eigenvalue weighted by Gasteiger charge is -2.21. The lowest BCUT2D eigenvalue weighted by molar-refractivity contribution is 0.173. The van der Waals surface area contributed by atoms with Gasteiger partial charge in [0.05, 0.1) is 0 Å². The van der Waals surface area contributed by atoms with Gasteiger partial charge in [0.1, 0.15) is 0 Å². The van der Waals surface area contributed by atoms with Crippen LogP contribution in [0.1, 0.15) is 23.8 Å². The van der Waals surface area contributed by atoms with E-state index in [0.29, 0.717) is 6.42 Å². The Kier molecular flexibility index (Phi) is 2.85. The Morgan fingerprint density at radius 3 is 2.67 bits per heavy atom. The Balaban J connectivity index is 3.02. The number of hydrogen-bond donors (Lipinski definition) is 1. The largest absolute Gasteiger partial charge is 0.327 e. The van der Waals surface area contributed by atoms with Crippen LogP contribution in [0.3, 0.4) is 0 Å². The molecule has 0 spiro atoms. The number of halogens is 1. The maximum atomic E-state index is 14.0. The molecule has 68 valence electrons. The average molecular weight is 187 g/mol. The van der Waals surface area contributed by atoms with Gasteiger partial charge in [-0.3, -0.25) is 0 Å². The van der Waals surface area contributed by atoms with E-state index in [0.717, 1.165) is 10.4 Å². The fraction of sp³-hybridized carbons (Fsp3) is 0.556. The fourth-order valence-electron chi connectivity index (χ4n) is 1.23. The molecule has 0 bridgehead atoms. The van der Waals surface area contributed by atoms with E-state index in [1.54, 1.807) is 0 Å². The third-order valence-corrected chi connectivity index (χ3v) is 3.35. The molecule has 0 aliphatic carbocycles. The minimum atomic E-state index is -1.31. The molecule has 12 heavy (non-hydrogen) atoms. The smallest absolute Gasteiger partial charge is 0.157 e. The van der Waals surface area contributed by atoms with Gasteiger partial charge >= 0.3 is 0 Å². The van der Waals surface area contributed by atoms with Gasteiger partial charge in [0.2, 0.25) is 0 Å². The van der Waals surface area contributed by atoms with Crippen molar-refractivity contribution in [2.45, 2.75) is 25.9 Å². The molecule has 0 radical (unpaired) electrons. The molecule has 2 N–H and O–H groups in total. The Bertz CT molecular complexity index is 253. The van der Waals surface area contributed by atoms with Crippen molar-refractivity contribution >= 4 is 11.3 Å². The van der Waals surface area contributed by atoms with Crippen LogP contribution >= 0.6 is 11.3 Å². The highest BCUT2D eigenvalue weighted by atomic mass is 32.1. The summed E-state index contributed by atoms with van der Waals surface area (Å²) in [6.45, 7) is 3.82. The molecule has 0 saturated carbocycles. The van der Waals surface area contributed by atoms with Crippen molar-refractivity contribution in [2.24, 2.45) is 5.73 Å². The molecule has 0 aliphatic rings. The van der Waals surface area contributed by atoms with Crippen LogP contribution in [0.25, 0.3) is 0 Å². The molecule has 1 aromatic rings. The maximum Gasteiger partial charge on any atom is 0.157 e. The molecule has 0 fully saturated rings. The highest BCUT2D eigenvalue weighted by Gasteiger charge is 2.30. The van der Waals surface area contributed by atoms with E-state index in [4.69, 9.17) is 5.73 Å². The monoisotopic (exact) mass is 187 g/mol. The summed E-state index contributed by atoms with van der Waals surface area (Å²) in [6.07, 6.45) is 0.449. The van der Waals surface area contributed by atoms with Gasteiger partial charge < -0.3 is 5.73 Å². The van der Waals surface area contributed by atoms with E-state index in [2.05, 4.69) is 0 Å². The zero-order valence-corrected chi connectivity index (χ0v) is 8.25. The molecule has 3 heteroatoms. The summed E-state index contributed by atoms with van der Waals surface area (Å²) < 4.78 is 14.0. The molecule has 1 nitrogen and oxygen atoms in total. The number of aryl methyl sites for hydroxylation is 1. The summed E-state index contributed by atoms with van der Waals surface area (Å²) in [4.78, 5) is 0.785. The van der Waals surface area contributed by atoms with Gasteiger partial charge in [-0.25, -0.2) is 4.39 Å². The maximum absolute atomic E-state index is 14.0. The lowest BCUT2D eigenvalue weighted by Crippen LogP contribution is -2.29. The molecule has 0 aliphatic heterocycles. The first-order valence-corrected chi connectivity index (χ1v) is 4.95. The van der Waals surface area contributed by atoms with E-state index in [1.807, 2.05) is 25.3 Å². The average Bonchev–Trinajstić information content (AvgIpc) is 2.51. The summed E-state index contributed by atoms with van der Waals surface area (Å²) >= 11 is 1.45. The molecular weight excluding hydrogens is 173 g/mol. The number of rotatable bonds is 3. The van der Waals surface area contributed by atoms with Crippen LogP contribution in [-0.2, 0) is 5.67 Å². The second kappa shape index (κ2) is 3.54. The minimum Gasteiger partial charge on any atom is -0.327 e. The van der Waals surface area contributed by atoms with Gasteiger partial charge in [-0.15, -0.1) is 11.3 Å². The van der Waals surface area contributed by atoms with Crippen molar-refractivity contribution in [3.63, 3.8) is 0 Å². The zero-order chi connectivity index (χ0) is 9.19. The van der Waals surface area contributed by atoms with Gasteiger partial charge in [-0.1, -0.05) is 6.92 Å². The van der Waals surface area contributed by atoms with E-state index < -0.39 is 5.67 Å². The summed E-state index contributed by atoms with van der Waals surface area (Å²) in [5.74, 6) is 0. The minimum absolute atomic E-state index is 0.0743. The Morgan fingerprint density at radius 1 is 1.67 bits per heavy atom. The highest BCUT2D eigenvalue weighted by molar-refractivity contribution is 7.10. The molecule has 1 atom stereocenters. The van der Waals surface area contributed by atoms with Crippen LogP contribution in [0, 0.1) is 6.92 Å². The molecule has 0 aromatic carbocycles. The lowest BCUT2D eigenvalue weighted by atomic mass is 9.98. The first-order valence-electron chi connectivity index (χ1n) is 4.07. The Hall–Kier alpha value is -0.410. The van der Waals surface area contributed by atoms with Crippen LogP contribution in [0.5, 0.6) is 0 Å². The van der Waals surface area contributed by atoms with E-state index >= 15 is 0 Å². The van der Waals surface area contributed by atoms with Crippen molar-refractivity contribution in [1.29, 1.82) is 0 Å². The van der Waals surface area contributed by atoms with Crippen molar-refractivity contribution in [3.05, 3.63) is 21.9 Å². The molecule has 0 saturated heterocycles. The zero-order valence-electron chi connectivity index (χ0n) is 7.43. The van der Waals surface area contributed by atoms with Crippen LogP contribution in [0.4, 0.5) is 4.39 Å². The van der Waals surface area contributed by atoms with Crippen LogP contribution < -0.4 is 5.73 Å². The van der Waals surface area contributed by atoms with Gasteiger partial charge in [0, 0.05) is 11.4 Å². The second-order valence-corrected chi connectivity index (χ2v) is 3.87. The topological polar surface area (TPSA) is 26.0 Å². The van der Waals surface area contributed by atoms with Gasteiger partial charge in [0.15, 0.2) is 5.67 Å². The van der Waals surface area contributed by atoms with E-state index in [9.17, 15) is 4.39 Å². The Morgan fingerprint density at radius 2 is 2.33 bits per heavy atom. The van der Waals surface area contributed by atoms with E-state index in [-0.39, 0.29) is 6.54 Å². The van der Waals surface area contributed by atoms with E-state index in [1.165, 1.54) is 11.3 Å². The third kappa shape index (κ3) is 1.52. The predicted octanol–water partition coefficient (Wildman–Crippen LogP) is 2.59. The molecule has 1 heterocycles. The fourth-order valence-corrected chi connectivity index (χ4v) is 2.33. The molecular formula is C9H14FNS. The van der Waals surface area contributed by atoms with Crippen LogP contribution in [-0.4, -0.2) is 6.54 Å². The van der Waals surface area contributed by atoms with Gasteiger partial charge in [-0.05, 0) is 30.4 Å². The first kappa shape index (κ1) is 9.68. The highest BCUT2D eigenvalue weighted by Crippen LogP contribution is 2.34. The van der Waals surface area contributed by atoms with Crippen LogP contribution in [0.15, 0.2) is 11.4 Å². The predicted molar refractivity (Wildman–Crippen MR) is 51.2 cm³/mol. The molecule has 1 unspecified atom stereocenters. The van der Waals surface area contributed by atoms with Gasteiger partial charge in [0.25, 0.3) is 0 Å². The standard InChI is InChI=1S/C9H14FNS/c1-3-9(10,6-11)8-7(2)4-5-12-8/h4-5H,3,6,11H2,1-2H3. The number of nitrogens with two attached hydrogens (primary N) is 1. The summed E-state index contributed by atoms with van der Waals surface area (Å²) in [5.41, 5.74) is 5.11. The van der Waals surface area contributed by atoms with Crippen LogP contribution in [0.2, 0.25) is 0 Å². The molecule has 1 rings (SSSR count). The van der Waals surface area contributed by atoms with Crippen molar-refractivity contribution in [3.8, 4) is 0 Å².